The van der Waals surface area contributed by atoms with Crippen LogP contribution in [0.4, 0.5) is 21.5 Å². The number of anilines is 3. The highest BCUT2D eigenvalue weighted by Crippen LogP contribution is 2.31. The average Bonchev–Trinajstić information content (AvgIpc) is 3.24. The summed E-state index contributed by atoms with van der Waals surface area (Å²) in [5, 5.41) is 2.88. The van der Waals surface area contributed by atoms with Crippen molar-refractivity contribution in [2.24, 2.45) is 0 Å². The van der Waals surface area contributed by atoms with E-state index in [1.165, 1.54) is 6.07 Å². The van der Waals surface area contributed by atoms with Crippen molar-refractivity contribution >= 4 is 28.9 Å². The van der Waals surface area contributed by atoms with E-state index in [1.54, 1.807) is 23.1 Å². The van der Waals surface area contributed by atoms with Gasteiger partial charge in [0.05, 0.1) is 5.69 Å². The maximum atomic E-state index is 15.0. The lowest BCUT2D eigenvalue weighted by molar-refractivity contribution is -0.116. The maximum absolute atomic E-state index is 15.0. The summed E-state index contributed by atoms with van der Waals surface area (Å²) in [6, 6.07) is 10.9. The van der Waals surface area contributed by atoms with Gasteiger partial charge in [0.25, 0.3) is 5.91 Å². The molecule has 0 bridgehead atoms. The predicted molar refractivity (Wildman–Crippen MR) is 126 cm³/mol. The monoisotopic (exact) mass is 438 g/mol. The second kappa shape index (κ2) is 9.28. The second-order valence-corrected chi connectivity index (χ2v) is 8.86. The Bertz CT molecular complexity index is 1020. The van der Waals surface area contributed by atoms with Crippen LogP contribution in [-0.4, -0.2) is 56.5 Å². The van der Waals surface area contributed by atoms with Gasteiger partial charge in [0.1, 0.15) is 5.82 Å². The normalized spacial score (nSPS) is 18.3. The first kappa shape index (κ1) is 22.3. The molecular formula is C25H31FN4O2. The van der Waals surface area contributed by atoms with Gasteiger partial charge in [0.15, 0.2) is 0 Å². The predicted octanol–water partition coefficient (Wildman–Crippen LogP) is 3.91. The van der Waals surface area contributed by atoms with Crippen LogP contribution < -0.4 is 15.1 Å². The molecule has 0 unspecified atom stereocenters. The highest BCUT2D eigenvalue weighted by Gasteiger charge is 2.29. The summed E-state index contributed by atoms with van der Waals surface area (Å²) in [5.41, 5.74) is 3.38. The fourth-order valence-corrected chi connectivity index (χ4v) is 4.57. The molecule has 0 aliphatic carbocycles. The van der Waals surface area contributed by atoms with E-state index < -0.39 is 0 Å². The molecule has 0 radical (unpaired) electrons. The molecule has 4 rings (SSSR count). The first-order valence-corrected chi connectivity index (χ1v) is 11.3. The molecule has 7 heteroatoms. The lowest BCUT2D eigenvalue weighted by Gasteiger charge is -2.30. The van der Waals surface area contributed by atoms with Crippen LogP contribution in [0.25, 0.3) is 0 Å². The Morgan fingerprint density at radius 3 is 2.69 bits per heavy atom. The van der Waals surface area contributed by atoms with E-state index in [9.17, 15) is 9.59 Å². The Balaban J connectivity index is 1.49. The Kier molecular flexibility index (Phi) is 6.46. The van der Waals surface area contributed by atoms with Crippen molar-refractivity contribution in [3.05, 3.63) is 53.3 Å². The molecule has 2 aliphatic rings. The van der Waals surface area contributed by atoms with E-state index in [2.05, 4.69) is 29.2 Å². The zero-order valence-corrected chi connectivity index (χ0v) is 19.0. The van der Waals surface area contributed by atoms with Gasteiger partial charge in [0, 0.05) is 49.0 Å². The number of benzene rings is 2. The third-order valence-electron chi connectivity index (χ3n) is 6.42. The van der Waals surface area contributed by atoms with Crippen molar-refractivity contribution in [2.45, 2.75) is 38.6 Å². The maximum Gasteiger partial charge on any atom is 0.258 e. The molecule has 1 saturated heterocycles. The molecule has 2 aromatic carbocycles. The number of hydrogen-bond acceptors (Lipinski definition) is 4. The Morgan fingerprint density at radius 2 is 2.00 bits per heavy atom. The van der Waals surface area contributed by atoms with Crippen LogP contribution in [0.2, 0.25) is 0 Å². The number of carbonyl (C=O) groups is 2. The third kappa shape index (κ3) is 4.48. The lowest BCUT2D eigenvalue weighted by atomic mass is 9.97. The largest absolute Gasteiger partial charge is 0.368 e. The molecule has 0 saturated carbocycles. The molecule has 2 heterocycles. The zero-order valence-electron chi connectivity index (χ0n) is 19.0. The highest BCUT2D eigenvalue weighted by molar-refractivity contribution is 6.08. The number of fused-ring (bicyclic) bond motifs is 1. The molecule has 0 spiro atoms. The molecule has 32 heavy (non-hydrogen) atoms. The SMILES string of the molecule is CCCC(=O)Nc1ccc2c(c1)CCN(c1ccc(N3CC[C@@H](N(C)C)C3)c(F)c1)C2=O. The van der Waals surface area contributed by atoms with Crippen molar-refractivity contribution in [3.8, 4) is 0 Å². The summed E-state index contributed by atoms with van der Waals surface area (Å²) in [4.78, 5) is 30.9. The first-order chi connectivity index (χ1) is 15.4. The number of nitrogens with one attached hydrogen (secondary N) is 1. The third-order valence-corrected chi connectivity index (χ3v) is 6.42. The average molecular weight is 439 g/mol. The van der Waals surface area contributed by atoms with Crippen LogP contribution in [0.3, 0.4) is 0 Å². The highest BCUT2D eigenvalue weighted by atomic mass is 19.1. The van der Waals surface area contributed by atoms with E-state index in [-0.39, 0.29) is 17.6 Å². The Hall–Kier alpha value is -2.93. The molecule has 1 fully saturated rings. The Labute approximate surface area is 189 Å². The summed E-state index contributed by atoms with van der Waals surface area (Å²) in [6.45, 7) is 4.06. The number of nitrogens with zero attached hydrogens (tertiary/aromatic N) is 3. The molecule has 6 nitrogen and oxygen atoms in total. The van der Waals surface area contributed by atoms with Crippen LogP contribution in [0.1, 0.15) is 42.1 Å². The van der Waals surface area contributed by atoms with E-state index in [0.717, 1.165) is 31.5 Å². The molecule has 170 valence electrons. The van der Waals surface area contributed by atoms with Crippen LogP contribution in [0.15, 0.2) is 36.4 Å². The minimum atomic E-state index is -0.297. The van der Waals surface area contributed by atoms with Gasteiger partial charge in [-0.2, -0.15) is 0 Å². The lowest BCUT2D eigenvalue weighted by Crippen LogP contribution is -2.37. The second-order valence-electron chi connectivity index (χ2n) is 8.86. The fourth-order valence-electron chi connectivity index (χ4n) is 4.57. The van der Waals surface area contributed by atoms with E-state index >= 15 is 4.39 Å². The fraction of sp³-hybridized carbons (Fsp3) is 0.440. The zero-order chi connectivity index (χ0) is 22.8. The summed E-state index contributed by atoms with van der Waals surface area (Å²) in [7, 11) is 4.10. The van der Waals surface area contributed by atoms with Crippen molar-refractivity contribution in [1.82, 2.24) is 4.90 Å². The van der Waals surface area contributed by atoms with Gasteiger partial charge < -0.3 is 20.0 Å². The van der Waals surface area contributed by atoms with Crippen molar-refractivity contribution in [1.29, 1.82) is 0 Å². The minimum absolute atomic E-state index is 0.0262. The van der Waals surface area contributed by atoms with Gasteiger partial charge in [-0.05, 0) is 75.3 Å². The molecule has 0 aromatic heterocycles. The van der Waals surface area contributed by atoms with Crippen molar-refractivity contribution < 1.29 is 14.0 Å². The molecule has 1 atom stereocenters. The number of rotatable bonds is 6. The van der Waals surface area contributed by atoms with Crippen molar-refractivity contribution in [2.75, 3.05) is 48.8 Å². The van der Waals surface area contributed by atoms with Crippen LogP contribution in [0.5, 0.6) is 0 Å². The topological polar surface area (TPSA) is 55.9 Å². The van der Waals surface area contributed by atoms with Crippen LogP contribution in [0, 0.1) is 5.82 Å². The number of halogens is 1. The van der Waals surface area contributed by atoms with Crippen LogP contribution >= 0.6 is 0 Å². The number of carbonyl (C=O) groups excluding carboxylic acids is 2. The first-order valence-electron chi connectivity index (χ1n) is 11.3. The van der Waals surface area contributed by atoms with Gasteiger partial charge in [-0.1, -0.05) is 6.92 Å². The summed E-state index contributed by atoms with van der Waals surface area (Å²) >= 11 is 0. The molecular weight excluding hydrogens is 407 g/mol. The molecule has 1 N–H and O–H groups in total. The van der Waals surface area contributed by atoms with Crippen LogP contribution in [-0.2, 0) is 11.2 Å². The number of hydrogen-bond donors (Lipinski definition) is 1. The van der Waals surface area contributed by atoms with Gasteiger partial charge in [-0.3, -0.25) is 9.59 Å². The Morgan fingerprint density at radius 1 is 1.19 bits per heavy atom. The van der Waals surface area contributed by atoms with Gasteiger partial charge in [-0.25, -0.2) is 4.39 Å². The minimum Gasteiger partial charge on any atom is -0.368 e. The van der Waals surface area contributed by atoms with E-state index in [4.69, 9.17) is 0 Å². The van der Waals surface area contributed by atoms with E-state index in [1.807, 2.05) is 19.1 Å². The van der Waals surface area contributed by atoms with Gasteiger partial charge in [0.2, 0.25) is 5.91 Å². The number of likely N-dealkylation sites (N-methyl/N-ethyl adjacent to an activating group) is 1. The van der Waals surface area contributed by atoms with Crippen molar-refractivity contribution in [3.63, 3.8) is 0 Å². The van der Waals surface area contributed by atoms with Gasteiger partial charge in [-0.15, -0.1) is 0 Å². The van der Waals surface area contributed by atoms with E-state index in [0.29, 0.717) is 48.1 Å². The molecule has 2 amide bonds. The summed E-state index contributed by atoms with van der Waals surface area (Å²) in [6.07, 6.45) is 2.92. The molecule has 2 aromatic rings. The smallest absolute Gasteiger partial charge is 0.258 e. The van der Waals surface area contributed by atoms with Gasteiger partial charge >= 0.3 is 0 Å². The standard InChI is InChI=1S/C25H31FN4O2/c1-4-5-24(31)27-18-6-8-21-17(14-18)10-13-30(25(21)32)19-7-9-23(22(26)15-19)29-12-11-20(16-29)28(2)3/h6-9,14-15,20H,4-5,10-13,16H2,1-3H3,(H,27,31)/t20-/m1/s1. The number of amides is 2. The summed E-state index contributed by atoms with van der Waals surface area (Å²) < 4.78 is 15.0. The quantitative estimate of drug-likeness (QED) is 0.743. The molecule has 2 aliphatic heterocycles. The summed E-state index contributed by atoms with van der Waals surface area (Å²) in [5.74, 6) is -0.463.